The molecule has 4 amide bonds. The van der Waals surface area contributed by atoms with Crippen LogP contribution in [-0.2, 0) is 30.4 Å². The molecule has 0 spiro atoms. The summed E-state index contributed by atoms with van der Waals surface area (Å²) in [7, 11) is 0. The van der Waals surface area contributed by atoms with Crippen LogP contribution in [0.1, 0.15) is 31.9 Å². The molecule has 1 aliphatic heterocycles. The van der Waals surface area contributed by atoms with Gasteiger partial charge in [0.2, 0.25) is 23.6 Å². The van der Waals surface area contributed by atoms with E-state index in [4.69, 9.17) is 16.6 Å². The maximum atomic E-state index is 13.2. The highest BCUT2D eigenvalue weighted by Crippen LogP contribution is 2.20. The largest absolute Gasteiger partial charge is 0.480 e. The van der Waals surface area contributed by atoms with E-state index in [0.717, 1.165) is 0 Å². The number of likely N-dealkylation sites (tertiary alicyclic amines) is 1. The number of amides is 4. The fourth-order valence-electron chi connectivity index (χ4n) is 3.28. The lowest BCUT2D eigenvalue weighted by atomic mass is 10.1. The Morgan fingerprint density at radius 1 is 1.32 bits per heavy atom. The van der Waals surface area contributed by atoms with Crippen LogP contribution in [0.25, 0.3) is 0 Å². The first kappa shape index (κ1) is 23.8. The Morgan fingerprint density at radius 2 is 2.03 bits per heavy atom. The summed E-state index contributed by atoms with van der Waals surface area (Å²) in [5.41, 5.74) is 11.3. The normalized spacial score (nSPS) is 18.6. The molecule has 0 bridgehead atoms. The third-order valence-corrected chi connectivity index (χ3v) is 4.92. The van der Waals surface area contributed by atoms with Gasteiger partial charge in [0, 0.05) is 24.9 Å². The summed E-state index contributed by atoms with van der Waals surface area (Å²) < 4.78 is 0. The number of carbonyl (C=O) groups is 5. The third-order valence-electron chi connectivity index (χ3n) is 4.92. The minimum Gasteiger partial charge on any atom is -0.480 e. The molecule has 2 rings (SSSR count). The lowest BCUT2D eigenvalue weighted by Crippen LogP contribution is -2.57. The summed E-state index contributed by atoms with van der Waals surface area (Å²) in [6.45, 7) is 1.59. The lowest BCUT2D eigenvalue weighted by molar-refractivity contribution is -0.144. The molecule has 1 aromatic rings. The molecule has 4 unspecified atom stereocenters. The summed E-state index contributed by atoms with van der Waals surface area (Å²) in [6, 6.07) is -4.30. The van der Waals surface area contributed by atoms with E-state index in [1.807, 2.05) is 0 Å². The van der Waals surface area contributed by atoms with Crippen LogP contribution < -0.4 is 22.1 Å². The zero-order chi connectivity index (χ0) is 23.1. The maximum Gasteiger partial charge on any atom is 0.325 e. The van der Waals surface area contributed by atoms with Gasteiger partial charge in [-0.3, -0.25) is 24.0 Å². The molecule has 1 aromatic heterocycles. The molecule has 0 radical (unpaired) electrons. The van der Waals surface area contributed by atoms with Crippen molar-refractivity contribution in [3.63, 3.8) is 0 Å². The average Bonchev–Trinajstić information content (AvgIpc) is 3.37. The van der Waals surface area contributed by atoms with Crippen molar-refractivity contribution in [1.29, 1.82) is 0 Å². The highest BCUT2D eigenvalue weighted by molar-refractivity contribution is 5.95. The predicted molar refractivity (Wildman–Crippen MR) is 106 cm³/mol. The number of rotatable bonds is 10. The molecule has 13 nitrogen and oxygen atoms in total. The molecular formula is C18H27N7O6. The van der Waals surface area contributed by atoms with Crippen molar-refractivity contribution in [3.8, 4) is 0 Å². The molecule has 8 N–H and O–H groups in total. The number of aromatic amines is 1. The first-order chi connectivity index (χ1) is 14.6. The molecule has 0 saturated carbocycles. The van der Waals surface area contributed by atoms with E-state index in [9.17, 15) is 24.0 Å². The fourth-order valence-corrected chi connectivity index (χ4v) is 3.28. The van der Waals surface area contributed by atoms with Crippen molar-refractivity contribution in [2.45, 2.75) is 56.8 Å². The number of H-pyrrole nitrogens is 1. The van der Waals surface area contributed by atoms with Gasteiger partial charge < -0.3 is 37.1 Å². The van der Waals surface area contributed by atoms with Gasteiger partial charge in [0.1, 0.15) is 18.1 Å². The second kappa shape index (κ2) is 10.5. The SMILES string of the molecule is CC(NC(=O)C1CCCN1C(=O)C(Cc1cnc[nH]1)NC(=O)C(N)CC(N)=O)C(=O)O. The van der Waals surface area contributed by atoms with E-state index >= 15 is 0 Å². The number of carboxylic acid groups (broad SMARTS) is 1. The standard InChI is InChI=1S/C18H27N7O6/c1-9(18(30)31)23-16(28)13-3-2-4-25(13)17(29)12(5-10-7-21-8-22-10)24-15(27)11(19)6-14(20)26/h7-9,11-13H,2-6,19H2,1H3,(H2,20,26)(H,21,22)(H,23,28)(H,24,27)(H,30,31). The lowest BCUT2D eigenvalue weighted by Gasteiger charge is -2.29. The van der Waals surface area contributed by atoms with Gasteiger partial charge in [-0.2, -0.15) is 0 Å². The van der Waals surface area contributed by atoms with E-state index < -0.39 is 60.2 Å². The summed E-state index contributed by atoms with van der Waals surface area (Å²) >= 11 is 0. The van der Waals surface area contributed by atoms with Gasteiger partial charge in [0.15, 0.2) is 0 Å². The van der Waals surface area contributed by atoms with Crippen molar-refractivity contribution < 1.29 is 29.1 Å². The summed E-state index contributed by atoms with van der Waals surface area (Å²) in [6.07, 6.45) is 3.45. The molecule has 1 aliphatic rings. The molecule has 2 heterocycles. The summed E-state index contributed by atoms with van der Waals surface area (Å²) in [5.74, 6) is -3.82. The van der Waals surface area contributed by atoms with Crippen LogP contribution in [0.5, 0.6) is 0 Å². The van der Waals surface area contributed by atoms with Gasteiger partial charge >= 0.3 is 5.97 Å². The number of hydrogen-bond acceptors (Lipinski definition) is 7. The fraction of sp³-hybridized carbons (Fsp3) is 0.556. The van der Waals surface area contributed by atoms with Crippen molar-refractivity contribution in [2.75, 3.05) is 6.54 Å². The van der Waals surface area contributed by atoms with E-state index in [1.165, 1.54) is 24.3 Å². The number of imidazole rings is 1. The van der Waals surface area contributed by atoms with Crippen molar-refractivity contribution >= 4 is 29.6 Å². The quantitative estimate of drug-likeness (QED) is 0.225. The van der Waals surface area contributed by atoms with Crippen LogP contribution in [0.3, 0.4) is 0 Å². The molecule has 170 valence electrons. The number of aromatic nitrogens is 2. The number of primary amides is 1. The van der Waals surface area contributed by atoms with Gasteiger partial charge in [0.25, 0.3) is 0 Å². The number of nitrogens with two attached hydrogens (primary N) is 2. The van der Waals surface area contributed by atoms with Crippen molar-refractivity contribution in [1.82, 2.24) is 25.5 Å². The Morgan fingerprint density at radius 3 is 2.61 bits per heavy atom. The molecule has 0 aromatic carbocycles. The number of nitrogens with zero attached hydrogens (tertiary/aromatic N) is 2. The number of aliphatic carboxylic acids is 1. The van der Waals surface area contributed by atoms with Gasteiger partial charge in [-0.25, -0.2) is 4.98 Å². The average molecular weight is 437 g/mol. The van der Waals surface area contributed by atoms with E-state index in [-0.39, 0.29) is 13.0 Å². The molecular weight excluding hydrogens is 410 g/mol. The van der Waals surface area contributed by atoms with Crippen molar-refractivity contribution in [3.05, 3.63) is 18.2 Å². The van der Waals surface area contributed by atoms with Gasteiger partial charge in [-0.15, -0.1) is 0 Å². The van der Waals surface area contributed by atoms with Crippen LogP contribution in [0.2, 0.25) is 0 Å². The van der Waals surface area contributed by atoms with Crippen LogP contribution in [0, 0.1) is 0 Å². The summed E-state index contributed by atoms with van der Waals surface area (Å²) in [5, 5.41) is 13.9. The number of carbonyl (C=O) groups excluding carboxylic acids is 4. The first-order valence-electron chi connectivity index (χ1n) is 9.75. The maximum absolute atomic E-state index is 13.2. The first-order valence-corrected chi connectivity index (χ1v) is 9.75. The molecule has 4 atom stereocenters. The Hall–Kier alpha value is -3.48. The smallest absolute Gasteiger partial charge is 0.325 e. The van der Waals surface area contributed by atoms with Gasteiger partial charge in [0.05, 0.1) is 18.8 Å². The van der Waals surface area contributed by atoms with Crippen LogP contribution in [-0.4, -0.2) is 80.3 Å². The highest BCUT2D eigenvalue weighted by Gasteiger charge is 2.39. The zero-order valence-corrected chi connectivity index (χ0v) is 17.0. The topological polar surface area (TPSA) is 214 Å². The van der Waals surface area contributed by atoms with Crippen LogP contribution >= 0.6 is 0 Å². The van der Waals surface area contributed by atoms with Crippen molar-refractivity contribution in [2.24, 2.45) is 11.5 Å². The van der Waals surface area contributed by atoms with Crippen LogP contribution in [0.4, 0.5) is 0 Å². The van der Waals surface area contributed by atoms with Gasteiger partial charge in [-0.1, -0.05) is 0 Å². The molecule has 0 aliphatic carbocycles. The van der Waals surface area contributed by atoms with E-state index in [2.05, 4.69) is 20.6 Å². The Balaban J connectivity index is 2.16. The minimum atomic E-state index is -1.23. The third kappa shape index (κ3) is 6.50. The highest BCUT2D eigenvalue weighted by atomic mass is 16.4. The molecule has 13 heteroatoms. The Labute approximate surface area is 177 Å². The molecule has 1 fully saturated rings. The number of nitrogens with one attached hydrogen (secondary N) is 3. The second-order valence-electron chi connectivity index (χ2n) is 7.38. The van der Waals surface area contributed by atoms with E-state index in [0.29, 0.717) is 18.5 Å². The molecule has 31 heavy (non-hydrogen) atoms. The Bertz CT molecular complexity index is 827. The van der Waals surface area contributed by atoms with E-state index in [1.54, 1.807) is 0 Å². The Kier molecular flexibility index (Phi) is 8.07. The minimum absolute atomic E-state index is 0.0459. The molecule has 1 saturated heterocycles. The second-order valence-corrected chi connectivity index (χ2v) is 7.38. The monoisotopic (exact) mass is 437 g/mol. The van der Waals surface area contributed by atoms with Crippen LogP contribution in [0.15, 0.2) is 12.5 Å². The van der Waals surface area contributed by atoms with Gasteiger partial charge in [-0.05, 0) is 19.8 Å². The predicted octanol–water partition coefficient (Wildman–Crippen LogP) is -2.78. The number of carboxylic acids is 1. The zero-order valence-electron chi connectivity index (χ0n) is 17.0. The summed E-state index contributed by atoms with van der Waals surface area (Å²) in [4.78, 5) is 68.2. The number of hydrogen-bond donors (Lipinski definition) is 6.